The Labute approximate surface area is 371 Å². The van der Waals surface area contributed by atoms with Gasteiger partial charge < -0.3 is 14.2 Å². The molecule has 0 amide bonds. The highest BCUT2D eigenvalue weighted by atomic mass is 16.6. The highest BCUT2D eigenvalue weighted by Gasteiger charge is 2.19. The fourth-order valence-electron chi connectivity index (χ4n) is 7.22. The Morgan fingerprint density at radius 2 is 0.650 bits per heavy atom. The number of hydrogen-bond acceptors (Lipinski definition) is 6. The molecule has 1 atom stereocenters. The average Bonchev–Trinajstić information content (AvgIpc) is 3.24. The Morgan fingerprint density at radius 3 is 1.07 bits per heavy atom. The Bertz CT molecular complexity index is 1060. The molecule has 0 aliphatic carbocycles. The van der Waals surface area contributed by atoms with Crippen molar-refractivity contribution in [2.45, 2.75) is 264 Å². The summed E-state index contributed by atoms with van der Waals surface area (Å²) in [6, 6.07) is 0. The summed E-state index contributed by atoms with van der Waals surface area (Å²) in [5.41, 5.74) is 0. The molecule has 1 unspecified atom stereocenters. The average molecular weight is 841 g/mol. The maximum atomic E-state index is 12.7. The number of ether oxygens (including phenoxy) is 3. The first-order chi connectivity index (χ1) is 29.5. The predicted octanol–water partition coefficient (Wildman–Crippen LogP) is 16.7. The molecule has 0 spiro atoms. The van der Waals surface area contributed by atoms with Gasteiger partial charge in [-0.1, -0.05) is 211 Å². The lowest BCUT2D eigenvalue weighted by atomic mass is 10.0. The smallest absolute Gasteiger partial charge is 0.306 e. The van der Waals surface area contributed by atoms with Crippen LogP contribution >= 0.6 is 0 Å². The van der Waals surface area contributed by atoms with Crippen LogP contribution in [0.5, 0.6) is 0 Å². The number of rotatable bonds is 46. The van der Waals surface area contributed by atoms with Gasteiger partial charge in [0.15, 0.2) is 6.10 Å². The number of carbonyl (C=O) groups is 3. The van der Waals surface area contributed by atoms with Gasteiger partial charge in [0.1, 0.15) is 13.2 Å². The van der Waals surface area contributed by atoms with Crippen LogP contribution in [0.25, 0.3) is 0 Å². The van der Waals surface area contributed by atoms with Crippen LogP contribution in [0, 0.1) is 0 Å². The molecule has 6 heteroatoms. The van der Waals surface area contributed by atoms with Crippen molar-refractivity contribution in [1.29, 1.82) is 0 Å². The molecule has 0 aliphatic heterocycles. The van der Waals surface area contributed by atoms with E-state index < -0.39 is 6.10 Å². The van der Waals surface area contributed by atoms with Crippen molar-refractivity contribution in [1.82, 2.24) is 0 Å². The summed E-state index contributed by atoms with van der Waals surface area (Å²) < 4.78 is 16.7. The van der Waals surface area contributed by atoms with Gasteiger partial charge in [-0.25, -0.2) is 0 Å². The fourth-order valence-corrected chi connectivity index (χ4v) is 7.22. The molecule has 348 valence electrons. The molecule has 0 saturated heterocycles. The van der Waals surface area contributed by atoms with Crippen LogP contribution in [-0.4, -0.2) is 37.2 Å². The third kappa shape index (κ3) is 46.4. The zero-order chi connectivity index (χ0) is 43.7. The molecule has 0 fully saturated rings. The number of allylic oxidation sites excluding steroid dienone is 8. The van der Waals surface area contributed by atoms with Crippen molar-refractivity contribution in [3.05, 3.63) is 48.6 Å². The summed E-state index contributed by atoms with van der Waals surface area (Å²) in [6.45, 7) is 6.49. The highest BCUT2D eigenvalue weighted by molar-refractivity contribution is 5.71. The van der Waals surface area contributed by atoms with Gasteiger partial charge in [-0.2, -0.15) is 0 Å². The Morgan fingerprint density at radius 1 is 0.350 bits per heavy atom. The van der Waals surface area contributed by atoms with E-state index in [1.54, 1.807) is 0 Å². The summed E-state index contributed by atoms with van der Waals surface area (Å²) in [7, 11) is 0. The molecule has 0 bridgehead atoms. The third-order valence-corrected chi connectivity index (χ3v) is 11.1. The number of esters is 3. The number of hydrogen-bond donors (Lipinski definition) is 0. The lowest BCUT2D eigenvalue weighted by molar-refractivity contribution is -0.167. The van der Waals surface area contributed by atoms with Crippen molar-refractivity contribution < 1.29 is 28.6 Å². The van der Waals surface area contributed by atoms with E-state index in [0.717, 1.165) is 77.0 Å². The molecular weight excluding hydrogens is 745 g/mol. The van der Waals surface area contributed by atoms with Gasteiger partial charge in [-0.05, 0) is 77.0 Å². The second-order valence-corrected chi connectivity index (χ2v) is 17.1. The Balaban J connectivity index is 4.37. The number of carbonyl (C=O) groups excluding carboxylic acids is 3. The molecule has 0 rings (SSSR count). The molecule has 0 aromatic carbocycles. The quantitative estimate of drug-likeness (QED) is 0.0263. The fraction of sp³-hybridized carbons (Fsp3) is 0.796. The largest absolute Gasteiger partial charge is 0.462 e. The van der Waals surface area contributed by atoms with Gasteiger partial charge in [-0.15, -0.1) is 0 Å². The zero-order valence-corrected chi connectivity index (χ0v) is 39.7. The summed E-state index contributed by atoms with van der Waals surface area (Å²) in [5, 5.41) is 0. The van der Waals surface area contributed by atoms with E-state index in [-0.39, 0.29) is 37.5 Å². The maximum absolute atomic E-state index is 12.7. The van der Waals surface area contributed by atoms with Gasteiger partial charge in [0.2, 0.25) is 0 Å². The molecule has 0 aromatic heterocycles. The van der Waals surface area contributed by atoms with Crippen LogP contribution in [0.4, 0.5) is 0 Å². The minimum Gasteiger partial charge on any atom is -0.462 e. The molecule has 0 saturated carbocycles. The Kier molecular flexibility index (Phi) is 46.9. The first-order valence-corrected chi connectivity index (χ1v) is 25.6. The standard InChI is InChI=1S/C54H96O6/c1-4-7-10-13-16-19-22-25-26-27-28-29-30-33-35-38-41-44-47-53(56)59-50-51(60-54(57)48-45-42-39-36-32-24-21-18-15-12-9-6-3)49-58-52(55)46-43-40-37-34-31-23-20-17-14-11-8-5-2/h9,12,18,21,28-29,32,36,51H,4-8,10-11,13-17,19-20,22-27,30-31,33-35,37-50H2,1-3H3/b12-9-,21-18-,29-28-,36-32-. The first-order valence-electron chi connectivity index (χ1n) is 25.6. The second kappa shape index (κ2) is 49.0. The topological polar surface area (TPSA) is 78.9 Å². The van der Waals surface area contributed by atoms with Crippen molar-refractivity contribution in [3.8, 4) is 0 Å². The van der Waals surface area contributed by atoms with E-state index >= 15 is 0 Å². The van der Waals surface area contributed by atoms with E-state index in [9.17, 15) is 14.4 Å². The van der Waals surface area contributed by atoms with E-state index in [1.165, 1.54) is 135 Å². The lowest BCUT2D eigenvalue weighted by Gasteiger charge is -2.18. The lowest BCUT2D eigenvalue weighted by Crippen LogP contribution is -2.30. The van der Waals surface area contributed by atoms with E-state index in [4.69, 9.17) is 14.2 Å². The van der Waals surface area contributed by atoms with Crippen LogP contribution in [0.2, 0.25) is 0 Å². The summed E-state index contributed by atoms with van der Waals surface area (Å²) in [4.78, 5) is 37.9. The Hall–Kier alpha value is -2.63. The van der Waals surface area contributed by atoms with Crippen LogP contribution < -0.4 is 0 Å². The van der Waals surface area contributed by atoms with Gasteiger partial charge >= 0.3 is 17.9 Å². The van der Waals surface area contributed by atoms with Crippen molar-refractivity contribution in [2.75, 3.05) is 13.2 Å². The molecule has 0 aromatic rings. The molecule has 60 heavy (non-hydrogen) atoms. The van der Waals surface area contributed by atoms with Crippen LogP contribution in [-0.2, 0) is 28.6 Å². The molecule has 0 heterocycles. The van der Waals surface area contributed by atoms with Gasteiger partial charge in [0.05, 0.1) is 0 Å². The normalized spacial score (nSPS) is 12.4. The SMILES string of the molecule is CC/C=C\C/C=C\C/C=C\CCCCC(=O)OC(COC(=O)CCCCCCC/C=C\CCCCCCCCCCC)COC(=O)CCCCCCCCCCCCCC. The minimum atomic E-state index is -0.792. The van der Waals surface area contributed by atoms with E-state index in [1.807, 2.05) is 0 Å². The number of unbranched alkanes of at least 4 members (excludes halogenated alkanes) is 27. The third-order valence-electron chi connectivity index (χ3n) is 11.1. The monoisotopic (exact) mass is 841 g/mol. The van der Waals surface area contributed by atoms with Gasteiger partial charge in [-0.3, -0.25) is 14.4 Å². The highest BCUT2D eigenvalue weighted by Crippen LogP contribution is 2.15. The zero-order valence-electron chi connectivity index (χ0n) is 39.7. The molecule has 6 nitrogen and oxygen atoms in total. The first kappa shape index (κ1) is 57.4. The van der Waals surface area contributed by atoms with E-state index in [2.05, 4.69) is 69.4 Å². The van der Waals surface area contributed by atoms with Crippen LogP contribution in [0.15, 0.2) is 48.6 Å². The summed E-state index contributed by atoms with van der Waals surface area (Å²) in [6.07, 6.45) is 58.2. The second-order valence-electron chi connectivity index (χ2n) is 17.1. The summed E-state index contributed by atoms with van der Waals surface area (Å²) in [5.74, 6) is -0.932. The molecule has 0 aliphatic rings. The molecule has 0 radical (unpaired) electrons. The maximum Gasteiger partial charge on any atom is 0.306 e. The molecular formula is C54H96O6. The predicted molar refractivity (Wildman–Crippen MR) is 256 cm³/mol. The van der Waals surface area contributed by atoms with Crippen molar-refractivity contribution in [3.63, 3.8) is 0 Å². The minimum absolute atomic E-state index is 0.0890. The summed E-state index contributed by atoms with van der Waals surface area (Å²) >= 11 is 0. The van der Waals surface area contributed by atoms with E-state index in [0.29, 0.717) is 19.3 Å². The van der Waals surface area contributed by atoms with Gasteiger partial charge in [0.25, 0.3) is 0 Å². The van der Waals surface area contributed by atoms with Crippen molar-refractivity contribution >= 4 is 17.9 Å². The van der Waals surface area contributed by atoms with Crippen LogP contribution in [0.3, 0.4) is 0 Å². The van der Waals surface area contributed by atoms with Crippen LogP contribution in [0.1, 0.15) is 258 Å². The molecule has 0 N–H and O–H groups in total. The van der Waals surface area contributed by atoms with Crippen molar-refractivity contribution in [2.24, 2.45) is 0 Å². The van der Waals surface area contributed by atoms with Gasteiger partial charge in [0, 0.05) is 19.3 Å².